The Kier molecular flexibility index (Phi) is 4.55. The first-order valence-corrected chi connectivity index (χ1v) is 6.58. The Morgan fingerprint density at radius 1 is 1.47 bits per heavy atom. The van der Waals surface area contributed by atoms with Crippen molar-refractivity contribution in [3.8, 4) is 5.75 Å². The molecule has 0 spiro atoms. The summed E-state index contributed by atoms with van der Waals surface area (Å²) in [5, 5.41) is 6.87. The first-order chi connectivity index (χ1) is 8.74. The molecule has 4 nitrogen and oxygen atoms in total. The minimum atomic E-state index is -0.0893. The third-order valence-corrected chi connectivity index (χ3v) is 3.68. The Labute approximate surface area is 123 Å². The molecule has 104 valence electrons. The van der Waals surface area contributed by atoms with E-state index in [1.165, 1.54) is 0 Å². The van der Waals surface area contributed by atoms with Crippen LogP contribution in [0.3, 0.4) is 0 Å². The van der Waals surface area contributed by atoms with Crippen LogP contribution in [-0.4, -0.2) is 25.1 Å². The van der Waals surface area contributed by atoms with Gasteiger partial charge in [0.25, 0.3) is 0 Å². The summed E-state index contributed by atoms with van der Waals surface area (Å²) in [5.41, 5.74) is 0.967. The van der Waals surface area contributed by atoms with Crippen LogP contribution >= 0.6 is 24.0 Å². The van der Waals surface area contributed by atoms with Gasteiger partial charge in [-0.2, -0.15) is 0 Å². The van der Waals surface area contributed by atoms with Crippen LogP contribution in [0.1, 0.15) is 24.4 Å². The topological polar surface area (TPSA) is 50.4 Å². The second-order valence-electron chi connectivity index (χ2n) is 4.70. The highest BCUT2D eigenvalue weighted by Crippen LogP contribution is 2.34. The monoisotopic (exact) mass is 302 g/mol. The van der Waals surface area contributed by atoms with Crippen molar-refractivity contribution in [3.63, 3.8) is 0 Å². The molecule has 2 unspecified atom stereocenters. The molecule has 1 fully saturated rings. The van der Waals surface area contributed by atoms with Gasteiger partial charge in [0.1, 0.15) is 12.4 Å². The zero-order valence-corrected chi connectivity index (χ0v) is 11.9. The van der Waals surface area contributed by atoms with E-state index in [4.69, 9.17) is 16.3 Å². The summed E-state index contributed by atoms with van der Waals surface area (Å²) in [7, 11) is 0. The van der Waals surface area contributed by atoms with Crippen LogP contribution in [0.4, 0.5) is 0 Å². The molecule has 0 aliphatic carbocycles. The molecule has 2 N–H and O–H groups in total. The standard InChI is InChI=1S/C13H15ClN2O2.ClH/c14-8-3-4-12-9(6-8)11(7-18-12)16-13(17)10-2-1-5-15-10;/h3-4,6,10-11,15H,1-2,5,7H2,(H,16,17);1H. The normalized spacial score (nSPS) is 24.3. The molecule has 2 atom stereocenters. The van der Waals surface area contributed by atoms with Gasteiger partial charge in [0.2, 0.25) is 5.91 Å². The number of rotatable bonds is 2. The summed E-state index contributed by atoms with van der Waals surface area (Å²) in [6, 6.07) is 5.35. The highest BCUT2D eigenvalue weighted by atomic mass is 35.5. The lowest BCUT2D eigenvalue weighted by Crippen LogP contribution is -2.42. The Bertz CT molecular complexity index is 476. The molecule has 1 aromatic rings. The molecule has 1 aromatic carbocycles. The number of amides is 1. The van der Waals surface area contributed by atoms with E-state index in [0.717, 1.165) is 30.7 Å². The number of hydrogen-bond donors (Lipinski definition) is 2. The second-order valence-corrected chi connectivity index (χ2v) is 5.14. The van der Waals surface area contributed by atoms with Gasteiger partial charge in [-0.25, -0.2) is 0 Å². The van der Waals surface area contributed by atoms with Crippen molar-refractivity contribution in [3.05, 3.63) is 28.8 Å². The van der Waals surface area contributed by atoms with Gasteiger partial charge in [0.15, 0.2) is 0 Å². The second kappa shape index (κ2) is 5.99. The summed E-state index contributed by atoms with van der Waals surface area (Å²) in [6.07, 6.45) is 1.96. The quantitative estimate of drug-likeness (QED) is 0.879. The van der Waals surface area contributed by atoms with E-state index in [-0.39, 0.29) is 30.4 Å². The van der Waals surface area contributed by atoms with E-state index >= 15 is 0 Å². The van der Waals surface area contributed by atoms with Crippen molar-refractivity contribution in [2.45, 2.75) is 24.9 Å². The third kappa shape index (κ3) is 2.96. The number of benzene rings is 1. The van der Waals surface area contributed by atoms with E-state index in [1.54, 1.807) is 6.07 Å². The number of carbonyl (C=O) groups excluding carboxylic acids is 1. The summed E-state index contributed by atoms with van der Waals surface area (Å²) in [4.78, 5) is 12.0. The molecule has 6 heteroatoms. The zero-order chi connectivity index (χ0) is 12.5. The van der Waals surface area contributed by atoms with Crippen LogP contribution in [0.2, 0.25) is 5.02 Å². The number of ether oxygens (including phenoxy) is 1. The number of carbonyl (C=O) groups is 1. The first kappa shape index (κ1) is 14.4. The van der Waals surface area contributed by atoms with E-state index in [2.05, 4.69) is 10.6 Å². The van der Waals surface area contributed by atoms with Crippen molar-refractivity contribution in [1.29, 1.82) is 0 Å². The number of nitrogens with one attached hydrogen (secondary N) is 2. The largest absolute Gasteiger partial charge is 0.491 e. The minimum absolute atomic E-state index is 0. The Balaban J connectivity index is 0.00000133. The third-order valence-electron chi connectivity index (χ3n) is 3.45. The number of hydrogen-bond acceptors (Lipinski definition) is 3. The lowest BCUT2D eigenvalue weighted by molar-refractivity contribution is -0.123. The van der Waals surface area contributed by atoms with E-state index < -0.39 is 0 Å². The van der Waals surface area contributed by atoms with Crippen molar-refractivity contribution >= 4 is 29.9 Å². The van der Waals surface area contributed by atoms with Gasteiger partial charge in [-0.05, 0) is 37.6 Å². The molecule has 0 radical (unpaired) electrons. The summed E-state index contributed by atoms with van der Waals surface area (Å²) in [6.45, 7) is 1.40. The first-order valence-electron chi connectivity index (χ1n) is 6.20. The SMILES string of the molecule is Cl.O=C(NC1COc2ccc(Cl)cc21)C1CCCN1. The molecule has 2 aliphatic heterocycles. The number of halogens is 2. The molecule has 0 bridgehead atoms. The summed E-state index contributed by atoms with van der Waals surface area (Å²) < 4.78 is 5.54. The van der Waals surface area contributed by atoms with Crippen molar-refractivity contribution in [2.75, 3.05) is 13.2 Å². The maximum absolute atomic E-state index is 12.0. The molecule has 3 rings (SSSR count). The van der Waals surface area contributed by atoms with Gasteiger partial charge in [-0.15, -0.1) is 12.4 Å². The zero-order valence-electron chi connectivity index (χ0n) is 10.3. The molecule has 1 amide bonds. The molecular weight excluding hydrogens is 287 g/mol. The highest BCUT2D eigenvalue weighted by molar-refractivity contribution is 6.30. The van der Waals surface area contributed by atoms with Gasteiger partial charge < -0.3 is 15.4 Å². The van der Waals surface area contributed by atoms with Crippen LogP contribution in [0.5, 0.6) is 5.75 Å². The fraction of sp³-hybridized carbons (Fsp3) is 0.462. The molecule has 19 heavy (non-hydrogen) atoms. The minimum Gasteiger partial charge on any atom is -0.491 e. The number of fused-ring (bicyclic) bond motifs is 1. The van der Waals surface area contributed by atoms with Crippen LogP contribution in [0.15, 0.2) is 18.2 Å². The molecule has 0 saturated carbocycles. The van der Waals surface area contributed by atoms with Gasteiger partial charge >= 0.3 is 0 Å². The van der Waals surface area contributed by atoms with Crippen molar-refractivity contribution in [2.24, 2.45) is 0 Å². The van der Waals surface area contributed by atoms with E-state index in [1.807, 2.05) is 12.1 Å². The summed E-state index contributed by atoms with van der Waals surface area (Å²) >= 11 is 5.97. The highest BCUT2D eigenvalue weighted by Gasteiger charge is 2.29. The van der Waals surface area contributed by atoms with Gasteiger partial charge in [-0.1, -0.05) is 11.6 Å². The van der Waals surface area contributed by atoms with Crippen LogP contribution in [0, 0.1) is 0 Å². The maximum atomic E-state index is 12.0. The van der Waals surface area contributed by atoms with E-state index in [0.29, 0.717) is 11.6 Å². The van der Waals surface area contributed by atoms with Crippen LogP contribution in [-0.2, 0) is 4.79 Å². The Morgan fingerprint density at radius 2 is 2.32 bits per heavy atom. The summed E-state index contributed by atoms with van der Waals surface area (Å²) in [5.74, 6) is 0.859. The Morgan fingerprint density at radius 3 is 3.05 bits per heavy atom. The molecule has 2 heterocycles. The predicted molar refractivity (Wildman–Crippen MR) is 76.1 cm³/mol. The van der Waals surface area contributed by atoms with Gasteiger partial charge in [0.05, 0.1) is 12.1 Å². The van der Waals surface area contributed by atoms with Gasteiger partial charge in [-0.3, -0.25) is 4.79 Å². The molecular formula is C13H16Cl2N2O2. The average Bonchev–Trinajstić information content (AvgIpc) is 2.99. The van der Waals surface area contributed by atoms with Crippen molar-refractivity contribution < 1.29 is 9.53 Å². The lowest BCUT2D eigenvalue weighted by Gasteiger charge is -2.15. The molecule has 1 saturated heterocycles. The van der Waals surface area contributed by atoms with Crippen molar-refractivity contribution in [1.82, 2.24) is 10.6 Å². The Hall–Kier alpha value is -0.970. The molecule has 0 aromatic heterocycles. The fourth-order valence-corrected chi connectivity index (χ4v) is 2.67. The van der Waals surface area contributed by atoms with Gasteiger partial charge in [0, 0.05) is 10.6 Å². The average molecular weight is 303 g/mol. The van der Waals surface area contributed by atoms with Crippen LogP contribution in [0.25, 0.3) is 0 Å². The lowest BCUT2D eigenvalue weighted by atomic mass is 10.1. The fourth-order valence-electron chi connectivity index (χ4n) is 2.49. The van der Waals surface area contributed by atoms with E-state index in [9.17, 15) is 4.79 Å². The maximum Gasteiger partial charge on any atom is 0.237 e. The molecule has 2 aliphatic rings. The smallest absolute Gasteiger partial charge is 0.237 e. The van der Waals surface area contributed by atoms with Crippen LogP contribution < -0.4 is 15.4 Å². The predicted octanol–water partition coefficient (Wildman–Crippen LogP) is 2.06.